The predicted molar refractivity (Wildman–Crippen MR) is 79.5 cm³/mol. The summed E-state index contributed by atoms with van der Waals surface area (Å²) in [5.41, 5.74) is 0.951. The molecule has 1 unspecified atom stereocenters. The Morgan fingerprint density at radius 1 is 1.35 bits per heavy atom. The molecule has 3 aromatic rings. The molecule has 0 aliphatic rings. The van der Waals surface area contributed by atoms with E-state index in [-0.39, 0.29) is 6.04 Å². The highest BCUT2D eigenvalue weighted by Gasteiger charge is 2.10. The van der Waals surface area contributed by atoms with Gasteiger partial charge in [0.15, 0.2) is 0 Å². The Labute approximate surface area is 118 Å². The maximum Gasteiger partial charge on any atom is 0.134 e. The molecular weight excluding hydrogens is 250 g/mol. The van der Waals surface area contributed by atoms with Crippen LogP contribution < -0.4 is 5.32 Å². The van der Waals surface area contributed by atoms with Crippen molar-refractivity contribution >= 4 is 11.0 Å². The third-order valence-corrected chi connectivity index (χ3v) is 3.47. The van der Waals surface area contributed by atoms with Crippen LogP contribution in [0.4, 0.5) is 0 Å². The summed E-state index contributed by atoms with van der Waals surface area (Å²) in [7, 11) is 0. The first-order valence-electron chi connectivity index (χ1n) is 7.03. The largest absolute Gasteiger partial charge is 0.459 e. The number of fused-ring (bicyclic) bond motifs is 1. The molecule has 0 amide bonds. The Hall–Kier alpha value is -2.07. The number of furan rings is 1. The van der Waals surface area contributed by atoms with Gasteiger partial charge >= 0.3 is 0 Å². The van der Waals surface area contributed by atoms with Gasteiger partial charge in [0.05, 0.1) is 6.04 Å². The van der Waals surface area contributed by atoms with Crippen molar-refractivity contribution in [3.05, 3.63) is 54.3 Å². The third kappa shape index (κ3) is 2.91. The van der Waals surface area contributed by atoms with Crippen LogP contribution in [-0.4, -0.2) is 16.5 Å². The maximum absolute atomic E-state index is 5.85. The van der Waals surface area contributed by atoms with Gasteiger partial charge in [0.1, 0.15) is 17.2 Å². The molecule has 104 valence electrons. The first-order chi connectivity index (χ1) is 9.83. The topological polar surface area (TPSA) is 53.9 Å². The van der Waals surface area contributed by atoms with Crippen LogP contribution in [0.2, 0.25) is 0 Å². The number of H-pyrrole nitrogens is 1. The Morgan fingerprint density at radius 3 is 3.05 bits per heavy atom. The molecule has 0 saturated heterocycles. The number of benzene rings is 1. The summed E-state index contributed by atoms with van der Waals surface area (Å²) >= 11 is 0. The number of aromatic nitrogens is 2. The van der Waals surface area contributed by atoms with Gasteiger partial charge < -0.3 is 14.7 Å². The molecule has 0 saturated carbocycles. The van der Waals surface area contributed by atoms with Gasteiger partial charge in [0, 0.05) is 24.2 Å². The minimum Gasteiger partial charge on any atom is -0.459 e. The molecule has 2 aromatic heterocycles. The number of hydrogen-bond donors (Lipinski definition) is 2. The lowest BCUT2D eigenvalue weighted by Gasteiger charge is -2.10. The summed E-state index contributed by atoms with van der Waals surface area (Å²) in [6, 6.07) is 10.4. The molecule has 4 nitrogen and oxygen atoms in total. The summed E-state index contributed by atoms with van der Waals surface area (Å²) in [4.78, 5) is 7.34. The number of nitrogens with zero attached hydrogens (tertiary/aromatic N) is 1. The molecule has 0 aliphatic heterocycles. The van der Waals surface area contributed by atoms with Crippen molar-refractivity contribution in [1.29, 1.82) is 0 Å². The average molecular weight is 269 g/mol. The zero-order valence-corrected chi connectivity index (χ0v) is 11.6. The fourth-order valence-electron chi connectivity index (χ4n) is 2.33. The summed E-state index contributed by atoms with van der Waals surface area (Å²) < 4.78 is 5.85. The normalized spacial score (nSPS) is 12.8. The zero-order chi connectivity index (χ0) is 13.8. The predicted octanol–water partition coefficient (Wildman–Crippen LogP) is 3.44. The van der Waals surface area contributed by atoms with E-state index < -0.39 is 0 Å². The highest BCUT2D eigenvalue weighted by molar-refractivity contribution is 5.77. The fraction of sp³-hybridized carbons (Fsp3) is 0.312. The number of aryl methyl sites for hydroxylation is 1. The minimum atomic E-state index is 0.221. The van der Waals surface area contributed by atoms with Crippen LogP contribution in [0.15, 0.2) is 47.1 Å². The molecule has 0 aliphatic carbocycles. The van der Waals surface area contributed by atoms with Crippen molar-refractivity contribution in [2.24, 2.45) is 0 Å². The van der Waals surface area contributed by atoms with Gasteiger partial charge in [0.25, 0.3) is 0 Å². The van der Waals surface area contributed by atoms with E-state index in [4.69, 9.17) is 4.42 Å². The van der Waals surface area contributed by atoms with E-state index >= 15 is 0 Å². The van der Waals surface area contributed by atoms with Gasteiger partial charge in [-0.25, -0.2) is 4.98 Å². The molecule has 4 heteroatoms. The monoisotopic (exact) mass is 269 g/mol. The van der Waals surface area contributed by atoms with E-state index in [1.54, 1.807) is 6.20 Å². The lowest BCUT2D eigenvalue weighted by molar-refractivity contribution is 0.448. The lowest BCUT2D eigenvalue weighted by Crippen LogP contribution is -2.19. The molecule has 1 aromatic carbocycles. The van der Waals surface area contributed by atoms with Crippen molar-refractivity contribution in [3.8, 4) is 0 Å². The second-order valence-corrected chi connectivity index (χ2v) is 5.00. The second kappa shape index (κ2) is 5.92. The van der Waals surface area contributed by atoms with Gasteiger partial charge in [-0.3, -0.25) is 0 Å². The number of hydrogen-bond acceptors (Lipinski definition) is 3. The van der Waals surface area contributed by atoms with Crippen molar-refractivity contribution in [2.75, 3.05) is 6.54 Å². The first kappa shape index (κ1) is 12.9. The van der Waals surface area contributed by atoms with E-state index in [1.807, 2.05) is 24.4 Å². The van der Waals surface area contributed by atoms with Gasteiger partial charge in [-0.05, 0) is 32.0 Å². The van der Waals surface area contributed by atoms with E-state index in [1.165, 1.54) is 0 Å². The average Bonchev–Trinajstić information content (AvgIpc) is 3.12. The first-order valence-corrected chi connectivity index (χ1v) is 7.03. The van der Waals surface area contributed by atoms with Crippen LogP contribution in [0.5, 0.6) is 0 Å². The summed E-state index contributed by atoms with van der Waals surface area (Å²) in [6.45, 7) is 3.07. The minimum absolute atomic E-state index is 0.221. The van der Waals surface area contributed by atoms with Crippen molar-refractivity contribution in [2.45, 2.75) is 25.8 Å². The molecule has 0 fully saturated rings. The van der Waals surface area contributed by atoms with Crippen LogP contribution in [0, 0.1) is 0 Å². The number of aromatic amines is 1. The maximum atomic E-state index is 5.85. The quantitative estimate of drug-likeness (QED) is 0.674. The molecule has 3 rings (SSSR count). The van der Waals surface area contributed by atoms with Crippen LogP contribution in [0.3, 0.4) is 0 Å². The van der Waals surface area contributed by atoms with Crippen LogP contribution in [0.1, 0.15) is 31.0 Å². The number of para-hydroxylation sites is 1. The molecule has 20 heavy (non-hydrogen) atoms. The summed E-state index contributed by atoms with van der Waals surface area (Å²) in [5, 5.41) is 4.65. The Bertz CT molecular complexity index is 624. The van der Waals surface area contributed by atoms with Gasteiger partial charge in [-0.15, -0.1) is 0 Å². The molecular formula is C16H19N3O. The molecule has 0 spiro atoms. The molecule has 2 heterocycles. The van der Waals surface area contributed by atoms with E-state index in [2.05, 4.69) is 34.3 Å². The van der Waals surface area contributed by atoms with Gasteiger partial charge in [-0.1, -0.05) is 18.2 Å². The highest BCUT2D eigenvalue weighted by atomic mass is 16.3. The van der Waals surface area contributed by atoms with E-state index in [0.717, 1.165) is 41.9 Å². The highest BCUT2D eigenvalue weighted by Crippen LogP contribution is 2.23. The third-order valence-electron chi connectivity index (χ3n) is 3.47. The van der Waals surface area contributed by atoms with Crippen LogP contribution >= 0.6 is 0 Å². The van der Waals surface area contributed by atoms with Crippen molar-refractivity contribution in [3.63, 3.8) is 0 Å². The van der Waals surface area contributed by atoms with Crippen LogP contribution in [0.25, 0.3) is 11.0 Å². The zero-order valence-electron chi connectivity index (χ0n) is 11.6. The summed E-state index contributed by atoms with van der Waals surface area (Å²) in [6.07, 6.45) is 5.67. The fourth-order valence-corrected chi connectivity index (χ4v) is 2.33. The SMILES string of the molecule is CC(NCCCc1ncc[nH]1)c1cc2ccccc2o1. The second-order valence-electron chi connectivity index (χ2n) is 5.00. The molecule has 0 bridgehead atoms. The van der Waals surface area contributed by atoms with Crippen molar-refractivity contribution < 1.29 is 4.42 Å². The molecule has 1 atom stereocenters. The molecule has 0 radical (unpaired) electrons. The van der Waals surface area contributed by atoms with Gasteiger partial charge in [-0.2, -0.15) is 0 Å². The number of rotatable bonds is 6. The molecule has 2 N–H and O–H groups in total. The van der Waals surface area contributed by atoms with Crippen LogP contribution in [-0.2, 0) is 6.42 Å². The standard InChI is InChI=1S/C16H19N3O/c1-12(17-8-4-7-16-18-9-10-19-16)15-11-13-5-2-3-6-14(13)20-15/h2-3,5-6,9-12,17H,4,7-8H2,1H3,(H,18,19). The van der Waals surface area contributed by atoms with E-state index in [0.29, 0.717) is 0 Å². The Morgan fingerprint density at radius 2 is 2.25 bits per heavy atom. The van der Waals surface area contributed by atoms with E-state index in [9.17, 15) is 0 Å². The van der Waals surface area contributed by atoms with Crippen molar-refractivity contribution in [1.82, 2.24) is 15.3 Å². The lowest BCUT2D eigenvalue weighted by atomic mass is 10.2. The summed E-state index contributed by atoms with van der Waals surface area (Å²) in [5.74, 6) is 2.03. The Kier molecular flexibility index (Phi) is 3.83. The van der Waals surface area contributed by atoms with Gasteiger partial charge in [0.2, 0.25) is 0 Å². The number of nitrogens with one attached hydrogen (secondary N) is 2. The number of imidazole rings is 1. The Balaban J connectivity index is 1.52. The smallest absolute Gasteiger partial charge is 0.134 e.